The molecule has 0 bridgehead atoms. The molecule has 1 fully saturated rings. The molecule has 17 heavy (non-hydrogen) atoms. The van der Waals surface area contributed by atoms with Gasteiger partial charge in [-0.25, -0.2) is 0 Å². The molecule has 0 saturated carbocycles. The third kappa shape index (κ3) is 2.45. The minimum atomic E-state index is -0.446. The Morgan fingerprint density at radius 1 is 1.53 bits per heavy atom. The highest BCUT2D eigenvalue weighted by molar-refractivity contribution is 6.31. The first-order valence-electron chi connectivity index (χ1n) is 5.91. The molecule has 3 nitrogen and oxygen atoms in total. The molecule has 1 amide bonds. The molecule has 0 aliphatic carbocycles. The molecular formula is C13H17ClN2O. The second-order valence-corrected chi connectivity index (χ2v) is 4.91. The summed E-state index contributed by atoms with van der Waals surface area (Å²) in [7, 11) is 0. The molecule has 1 aliphatic rings. The maximum atomic E-state index is 12.0. The van der Waals surface area contributed by atoms with E-state index in [0.29, 0.717) is 0 Å². The van der Waals surface area contributed by atoms with E-state index in [1.165, 1.54) is 0 Å². The number of likely N-dealkylation sites (tertiary alicyclic amines) is 1. The van der Waals surface area contributed by atoms with Gasteiger partial charge in [0.15, 0.2) is 0 Å². The highest BCUT2D eigenvalue weighted by Crippen LogP contribution is 2.35. The summed E-state index contributed by atoms with van der Waals surface area (Å²) in [6.45, 7) is 2.50. The molecule has 2 atom stereocenters. The van der Waals surface area contributed by atoms with E-state index in [4.69, 9.17) is 17.3 Å². The van der Waals surface area contributed by atoms with Crippen molar-refractivity contribution >= 4 is 17.5 Å². The summed E-state index contributed by atoms with van der Waals surface area (Å²) in [4.78, 5) is 13.9. The molecule has 2 N–H and O–H groups in total. The maximum Gasteiger partial charge on any atom is 0.239 e. The first-order chi connectivity index (χ1) is 8.11. The van der Waals surface area contributed by atoms with Gasteiger partial charge < -0.3 is 10.6 Å². The second kappa shape index (κ2) is 5.07. The van der Waals surface area contributed by atoms with Crippen molar-refractivity contribution in [3.05, 3.63) is 34.9 Å². The fourth-order valence-corrected chi connectivity index (χ4v) is 2.62. The van der Waals surface area contributed by atoms with E-state index < -0.39 is 6.04 Å². The number of hydrogen-bond acceptors (Lipinski definition) is 2. The van der Waals surface area contributed by atoms with Crippen LogP contribution in [0.25, 0.3) is 0 Å². The summed E-state index contributed by atoms with van der Waals surface area (Å²) in [5, 5.41) is 0.724. The predicted octanol–water partition coefficient (Wildman–Crippen LogP) is 2.35. The third-order valence-electron chi connectivity index (χ3n) is 3.19. The van der Waals surface area contributed by atoms with Crippen LogP contribution >= 0.6 is 11.6 Å². The fourth-order valence-electron chi connectivity index (χ4n) is 2.36. The van der Waals surface area contributed by atoms with E-state index in [1.54, 1.807) is 6.92 Å². The average molecular weight is 253 g/mol. The van der Waals surface area contributed by atoms with E-state index in [-0.39, 0.29) is 11.9 Å². The molecule has 1 aliphatic heterocycles. The number of benzene rings is 1. The van der Waals surface area contributed by atoms with Crippen LogP contribution in [0.3, 0.4) is 0 Å². The number of nitrogens with zero attached hydrogens (tertiary/aromatic N) is 1. The van der Waals surface area contributed by atoms with E-state index >= 15 is 0 Å². The number of carbonyl (C=O) groups excluding carboxylic acids is 1. The minimum Gasteiger partial charge on any atom is -0.334 e. The molecule has 92 valence electrons. The smallest absolute Gasteiger partial charge is 0.239 e. The average Bonchev–Trinajstić information content (AvgIpc) is 2.77. The van der Waals surface area contributed by atoms with Crippen LogP contribution in [0.1, 0.15) is 31.4 Å². The Morgan fingerprint density at radius 3 is 2.88 bits per heavy atom. The van der Waals surface area contributed by atoms with Gasteiger partial charge >= 0.3 is 0 Å². The van der Waals surface area contributed by atoms with Crippen LogP contribution in [-0.4, -0.2) is 23.4 Å². The Labute approximate surface area is 107 Å². The number of carbonyl (C=O) groups is 1. The Balaban J connectivity index is 2.26. The Morgan fingerprint density at radius 2 is 2.24 bits per heavy atom. The van der Waals surface area contributed by atoms with Gasteiger partial charge in [-0.3, -0.25) is 4.79 Å². The molecule has 1 aromatic carbocycles. The first kappa shape index (κ1) is 12.4. The topological polar surface area (TPSA) is 46.3 Å². The van der Waals surface area contributed by atoms with Crippen molar-refractivity contribution in [2.24, 2.45) is 5.73 Å². The molecule has 1 heterocycles. The lowest BCUT2D eigenvalue weighted by molar-refractivity contribution is -0.133. The second-order valence-electron chi connectivity index (χ2n) is 4.50. The molecular weight excluding hydrogens is 236 g/mol. The van der Waals surface area contributed by atoms with Gasteiger partial charge in [0.1, 0.15) is 0 Å². The molecule has 0 radical (unpaired) electrons. The lowest BCUT2D eigenvalue weighted by Gasteiger charge is -2.27. The van der Waals surface area contributed by atoms with Crippen LogP contribution in [-0.2, 0) is 4.79 Å². The van der Waals surface area contributed by atoms with Crippen LogP contribution in [0.5, 0.6) is 0 Å². The van der Waals surface area contributed by atoms with Gasteiger partial charge in [-0.15, -0.1) is 0 Å². The van der Waals surface area contributed by atoms with Crippen molar-refractivity contribution in [1.29, 1.82) is 0 Å². The van der Waals surface area contributed by atoms with Crippen LogP contribution in [0.15, 0.2) is 24.3 Å². The first-order valence-corrected chi connectivity index (χ1v) is 6.29. The summed E-state index contributed by atoms with van der Waals surface area (Å²) >= 11 is 6.18. The fraction of sp³-hybridized carbons (Fsp3) is 0.462. The number of rotatable bonds is 2. The van der Waals surface area contributed by atoms with E-state index in [1.807, 2.05) is 29.2 Å². The van der Waals surface area contributed by atoms with Crippen molar-refractivity contribution in [2.45, 2.75) is 31.8 Å². The molecule has 2 rings (SSSR count). The van der Waals surface area contributed by atoms with Crippen molar-refractivity contribution in [3.8, 4) is 0 Å². The lowest BCUT2D eigenvalue weighted by Crippen LogP contribution is -2.41. The Kier molecular flexibility index (Phi) is 3.69. The van der Waals surface area contributed by atoms with Gasteiger partial charge in [-0.05, 0) is 31.4 Å². The van der Waals surface area contributed by atoms with Crippen molar-refractivity contribution in [1.82, 2.24) is 4.90 Å². The third-order valence-corrected chi connectivity index (χ3v) is 3.53. The quantitative estimate of drug-likeness (QED) is 0.878. The summed E-state index contributed by atoms with van der Waals surface area (Å²) < 4.78 is 0. The van der Waals surface area contributed by atoms with Gasteiger partial charge in [0.05, 0.1) is 12.1 Å². The van der Waals surface area contributed by atoms with Crippen LogP contribution in [0, 0.1) is 0 Å². The van der Waals surface area contributed by atoms with Crippen molar-refractivity contribution < 1.29 is 4.79 Å². The zero-order valence-electron chi connectivity index (χ0n) is 9.90. The zero-order valence-corrected chi connectivity index (χ0v) is 10.7. The molecule has 0 unspecified atom stereocenters. The normalized spacial score (nSPS) is 21.6. The molecule has 1 saturated heterocycles. The van der Waals surface area contributed by atoms with Crippen LogP contribution in [0.2, 0.25) is 5.02 Å². The van der Waals surface area contributed by atoms with Gasteiger partial charge in [0.2, 0.25) is 5.91 Å². The monoisotopic (exact) mass is 252 g/mol. The maximum absolute atomic E-state index is 12.0. The SMILES string of the molecule is C[C@H](N)C(=O)N1CCC[C@@H]1c1ccccc1Cl. The van der Waals surface area contributed by atoms with Crippen molar-refractivity contribution in [2.75, 3.05) is 6.54 Å². The highest BCUT2D eigenvalue weighted by atomic mass is 35.5. The molecule has 0 aromatic heterocycles. The summed E-state index contributed by atoms with van der Waals surface area (Å²) in [5.41, 5.74) is 6.70. The largest absolute Gasteiger partial charge is 0.334 e. The van der Waals surface area contributed by atoms with Gasteiger partial charge in [0.25, 0.3) is 0 Å². The summed E-state index contributed by atoms with van der Waals surface area (Å²) in [5.74, 6) is 0.00687. The highest BCUT2D eigenvalue weighted by Gasteiger charge is 2.32. The van der Waals surface area contributed by atoms with Gasteiger partial charge in [-0.1, -0.05) is 29.8 Å². The van der Waals surface area contributed by atoms with Crippen LogP contribution in [0.4, 0.5) is 0 Å². The number of hydrogen-bond donors (Lipinski definition) is 1. The summed E-state index contributed by atoms with van der Waals surface area (Å²) in [6.07, 6.45) is 1.97. The number of nitrogens with two attached hydrogens (primary N) is 1. The number of halogens is 1. The minimum absolute atomic E-state index is 0.00687. The molecule has 4 heteroatoms. The molecule has 0 spiro atoms. The van der Waals surface area contributed by atoms with Crippen molar-refractivity contribution in [3.63, 3.8) is 0 Å². The standard InChI is InChI=1S/C13H17ClN2O/c1-9(15)13(17)16-8-4-7-12(16)10-5-2-3-6-11(10)14/h2-3,5-6,9,12H,4,7-8,15H2,1H3/t9-,12+/m0/s1. The van der Waals surface area contributed by atoms with E-state index in [2.05, 4.69) is 0 Å². The number of amides is 1. The molecule has 1 aromatic rings. The van der Waals surface area contributed by atoms with Gasteiger partial charge in [0, 0.05) is 11.6 Å². The lowest BCUT2D eigenvalue weighted by atomic mass is 10.0. The van der Waals surface area contributed by atoms with Gasteiger partial charge in [-0.2, -0.15) is 0 Å². The zero-order chi connectivity index (χ0) is 12.4. The Bertz CT molecular complexity index is 420. The predicted molar refractivity (Wildman–Crippen MR) is 68.8 cm³/mol. The van der Waals surface area contributed by atoms with Crippen LogP contribution < -0.4 is 5.73 Å². The van der Waals surface area contributed by atoms with E-state index in [9.17, 15) is 4.79 Å². The van der Waals surface area contributed by atoms with E-state index in [0.717, 1.165) is 30.0 Å². The Hall–Kier alpha value is -1.06. The summed E-state index contributed by atoms with van der Waals surface area (Å²) in [6, 6.07) is 7.34.